The molecule has 0 saturated heterocycles. The summed E-state index contributed by atoms with van der Waals surface area (Å²) >= 11 is 0. The quantitative estimate of drug-likeness (QED) is 0.215. The van der Waals surface area contributed by atoms with Crippen LogP contribution in [0.1, 0.15) is 59.3 Å². The van der Waals surface area contributed by atoms with Gasteiger partial charge in [-0.25, -0.2) is 0 Å². The van der Waals surface area contributed by atoms with Crippen LogP contribution < -0.4 is 11.1 Å². The minimum atomic E-state index is -0.198. The molecule has 1 aliphatic rings. The van der Waals surface area contributed by atoms with E-state index in [0.29, 0.717) is 5.84 Å². The van der Waals surface area contributed by atoms with Crippen molar-refractivity contribution in [3.8, 4) is 0 Å². The number of hydrogen-bond donors (Lipinski definition) is 3. The zero-order chi connectivity index (χ0) is 13.6. The molecule has 0 spiro atoms. The van der Waals surface area contributed by atoms with Gasteiger partial charge in [-0.3, -0.25) is 0 Å². The zero-order valence-corrected chi connectivity index (χ0v) is 12.1. The Hall–Kier alpha value is -0.770. The highest BCUT2D eigenvalue weighted by atomic mass is 16.4. The van der Waals surface area contributed by atoms with Gasteiger partial charge >= 0.3 is 0 Å². The molecule has 106 valence electrons. The van der Waals surface area contributed by atoms with Gasteiger partial charge in [0.15, 0.2) is 0 Å². The third-order valence-corrected chi connectivity index (χ3v) is 4.16. The third-order valence-electron chi connectivity index (χ3n) is 4.16. The zero-order valence-electron chi connectivity index (χ0n) is 12.1. The van der Waals surface area contributed by atoms with E-state index in [1.807, 2.05) is 13.8 Å². The van der Waals surface area contributed by atoms with Crippen LogP contribution in [-0.4, -0.2) is 23.6 Å². The number of nitrogens with zero attached hydrogens (tertiary/aromatic N) is 1. The van der Waals surface area contributed by atoms with Crippen LogP contribution in [0.15, 0.2) is 5.16 Å². The molecule has 4 N–H and O–H groups in total. The van der Waals surface area contributed by atoms with Crippen molar-refractivity contribution < 1.29 is 5.21 Å². The van der Waals surface area contributed by atoms with E-state index in [1.165, 1.54) is 19.3 Å². The van der Waals surface area contributed by atoms with E-state index in [2.05, 4.69) is 17.4 Å². The second kappa shape index (κ2) is 6.98. The van der Waals surface area contributed by atoms with Crippen molar-refractivity contribution in [2.45, 2.75) is 65.3 Å². The monoisotopic (exact) mass is 255 g/mol. The normalized spacial score (nSPS) is 25.6. The minimum absolute atomic E-state index is 0.198. The Balaban J connectivity index is 2.08. The Morgan fingerprint density at radius 3 is 2.67 bits per heavy atom. The topological polar surface area (TPSA) is 70.6 Å². The molecule has 0 aromatic carbocycles. The van der Waals surface area contributed by atoms with Gasteiger partial charge in [0.2, 0.25) is 0 Å². The van der Waals surface area contributed by atoms with Crippen molar-refractivity contribution >= 4 is 5.84 Å². The Morgan fingerprint density at radius 2 is 2.11 bits per heavy atom. The average Bonchev–Trinajstić information content (AvgIpc) is 2.73. The highest BCUT2D eigenvalue weighted by molar-refractivity contribution is 5.85. The molecule has 0 aromatic rings. The second-order valence-electron chi connectivity index (χ2n) is 6.40. The van der Waals surface area contributed by atoms with Gasteiger partial charge in [0.25, 0.3) is 0 Å². The molecule has 4 nitrogen and oxygen atoms in total. The van der Waals surface area contributed by atoms with Crippen molar-refractivity contribution in [3.63, 3.8) is 0 Å². The van der Waals surface area contributed by atoms with Crippen molar-refractivity contribution in [1.29, 1.82) is 0 Å². The molecule has 18 heavy (non-hydrogen) atoms. The van der Waals surface area contributed by atoms with Gasteiger partial charge in [0.1, 0.15) is 5.84 Å². The Kier molecular flexibility index (Phi) is 5.93. The average molecular weight is 255 g/mol. The SMILES string of the molecule is CC1CCC(NCCCCC(C)(C)C(N)=NO)C1. The van der Waals surface area contributed by atoms with E-state index < -0.39 is 0 Å². The summed E-state index contributed by atoms with van der Waals surface area (Å²) in [6, 6.07) is 0.733. The van der Waals surface area contributed by atoms with Gasteiger partial charge in [0.05, 0.1) is 0 Å². The lowest BCUT2D eigenvalue weighted by atomic mass is 9.86. The summed E-state index contributed by atoms with van der Waals surface area (Å²) in [5, 5.41) is 15.4. The van der Waals surface area contributed by atoms with Gasteiger partial charge in [-0.15, -0.1) is 0 Å². The maximum Gasteiger partial charge on any atom is 0.144 e. The smallest absolute Gasteiger partial charge is 0.144 e. The largest absolute Gasteiger partial charge is 0.409 e. The van der Waals surface area contributed by atoms with E-state index in [4.69, 9.17) is 10.9 Å². The fourth-order valence-electron chi connectivity index (χ4n) is 2.65. The first-order valence-corrected chi connectivity index (χ1v) is 7.17. The summed E-state index contributed by atoms with van der Waals surface area (Å²) in [7, 11) is 0. The number of rotatable bonds is 7. The van der Waals surface area contributed by atoms with Crippen LogP contribution >= 0.6 is 0 Å². The predicted octanol–water partition coefficient (Wildman–Crippen LogP) is 2.71. The fraction of sp³-hybridized carbons (Fsp3) is 0.929. The molecule has 4 heteroatoms. The third kappa shape index (κ3) is 4.84. The molecule has 1 aliphatic carbocycles. The molecule has 0 amide bonds. The summed E-state index contributed by atoms with van der Waals surface area (Å²) in [5.41, 5.74) is 5.47. The number of hydrogen-bond acceptors (Lipinski definition) is 3. The lowest BCUT2D eigenvalue weighted by molar-refractivity contribution is 0.304. The molecule has 0 radical (unpaired) electrons. The highest BCUT2D eigenvalue weighted by Crippen LogP contribution is 2.25. The summed E-state index contributed by atoms with van der Waals surface area (Å²) < 4.78 is 0. The van der Waals surface area contributed by atoms with Crippen LogP contribution in [0.4, 0.5) is 0 Å². The molecular formula is C14H29N3O. The molecule has 0 bridgehead atoms. The molecule has 1 fully saturated rings. The number of oxime groups is 1. The minimum Gasteiger partial charge on any atom is -0.409 e. The summed E-state index contributed by atoms with van der Waals surface area (Å²) in [4.78, 5) is 0. The van der Waals surface area contributed by atoms with Crippen LogP contribution in [-0.2, 0) is 0 Å². The van der Waals surface area contributed by atoms with Crippen LogP contribution in [0.3, 0.4) is 0 Å². The van der Waals surface area contributed by atoms with Gasteiger partial charge in [-0.05, 0) is 44.6 Å². The van der Waals surface area contributed by atoms with Crippen molar-refractivity contribution in [3.05, 3.63) is 0 Å². The predicted molar refractivity (Wildman–Crippen MR) is 75.8 cm³/mol. The summed E-state index contributed by atoms with van der Waals surface area (Å²) in [6.07, 6.45) is 7.26. The van der Waals surface area contributed by atoms with E-state index in [0.717, 1.165) is 37.8 Å². The number of nitrogens with two attached hydrogens (primary N) is 1. The van der Waals surface area contributed by atoms with Gasteiger partial charge in [-0.1, -0.05) is 32.3 Å². The molecule has 1 rings (SSSR count). The lowest BCUT2D eigenvalue weighted by Crippen LogP contribution is -2.32. The van der Waals surface area contributed by atoms with E-state index in [9.17, 15) is 0 Å². The van der Waals surface area contributed by atoms with E-state index in [1.54, 1.807) is 0 Å². The Morgan fingerprint density at radius 1 is 1.39 bits per heavy atom. The first-order valence-electron chi connectivity index (χ1n) is 7.17. The molecular weight excluding hydrogens is 226 g/mol. The van der Waals surface area contributed by atoms with Crippen LogP contribution in [0.2, 0.25) is 0 Å². The number of unbranched alkanes of at least 4 members (excludes halogenated alkanes) is 1. The standard InChI is InChI=1S/C14H29N3O/c1-11-6-7-12(10-11)16-9-5-4-8-14(2,3)13(15)17-18/h11-12,16,18H,4-10H2,1-3H3,(H2,15,17). The van der Waals surface area contributed by atoms with Gasteiger partial charge < -0.3 is 16.3 Å². The van der Waals surface area contributed by atoms with E-state index in [-0.39, 0.29) is 5.41 Å². The lowest BCUT2D eigenvalue weighted by Gasteiger charge is -2.22. The first-order chi connectivity index (χ1) is 8.45. The summed E-state index contributed by atoms with van der Waals surface area (Å²) in [6.45, 7) is 7.47. The Labute approximate surface area is 111 Å². The fourth-order valence-corrected chi connectivity index (χ4v) is 2.65. The molecule has 2 unspecified atom stereocenters. The molecule has 0 aliphatic heterocycles. The van der Waals surface area contributed by atoms with Crippen LogP contribution in [0.5, 0.6) is 0 Å². The van der Waals surface area contributed by atoms with E-state index >= 15 is 0 Å². The van der Waals surface area contributed by atoms with Crippen molar-refractivity contribution in [2.75, 3.05) is 6.54 Å². The number of amidine groups is 1. The molecule has 2 atom stereocenters. The molecule has 1 saturated carbocycles. The number of nitrogens with one attached hydrogen (secondary N) is 1. The highest BCUT2D eigenvalue weighted by Gasteiger charge is 2.23. The van der Waals surface area contributed by atoms with Crippen LogP contribution in [0, 0.1) is 11.3 Å². The molecule has 0 heterocycles. The van der Waals surface area contributed by atoms with Crippen LogP contribution in [0.25, 0.3) is 0 Å². The summed E-state index contributed by atoms with van der Waals surface area (Å²) in [5.74, 6) is 1.22. The van der Waals surface area contributed by atoms with Crippen molar-refractivity contribution in [1.82, 2.24) is 5.32 Å². The maximum absolute atomic E-state index is 8.69. The Bertz CT molecular complexity index is 276. The second-order valence-corrected chi connectivity index (χ2v) is 6.40. The maximum atomic E-state index is 8.69. The first kappa shape index (κ1) is 15.3. The molecule has 0 aromatic heterocycles. The van der Waals surface area contributed by atoms with Gasteiger partial charge in [-0.2, -0.15) is 0 Å². The van der Waals surface area contributed by atoms with Crippen molar-refractivity contribution in [2.24, 2.45) is 22.2 Å². The van der Waals surface area contributed by atoms with Gasteiger partial charge in [0, 0.05) is 11.5 Å².